The Hall–Kier alpha value is -1.66. The van der Waals surface area contributed by atoms with Crippen LogP contribution in [0.1, 0.15) is 24.9 Å². The number of carbonyl (C=O) groups excluding carboxylic acids is 2. The summed E-state index contributed by atoms with van der Waals surface area (Å²) in [7, 11) is 0. The summed E-state index contributed by atoms with van der Waals surface area (Å²) in [5.41, 5.74) is 1.03. The van der Waals surface area contributed by atoms with Gasteiger partial charge in [0.1, 0.15) is 0 Å². The summed E-state index contributed by atoms with van der Waals surface area (Å²) >= 11 is 2.95. The summed E-state index contributed by atoms with van der Waals surface area (Å²) in [5, 5.41) is 3.85. The Balaban J connectivity index is 1.62. The van der Waals surface area contributed by atoms with Gasteiger partial charge in [0.2, 0.25) is 0 Å². The van der Waals surface area contributed by atoms with Crippen molar-refractivity contribution in [1.29, 1.82) is 0 Å². The second-order valence-corrected chi connectivity index (χ2v) is 6.86. The molecule has 0 aliphatic carbocycles. The van der Waals surface area contributed by atoms with Crippen molar-refractivity contribution in [3.8, 4) is 0 Å². The van der Waals surface area contributed by atoms with Crippen LogP contribution < -0.4 is 0 Å². The van der Waals surface area contributed by atoms with Crippen LogP contribution in [0.25, 0.3) is 0 Å². The Kier molecular flexibility index (Phi) is 4.07. The van der Waals surface area contributed by atoms with Gasteiger partial charge in [0, 0.05) is 26.2 Å². The van der Waals surface area contributed by atoms with Gasteiger partial charge in [-0.2, -0.15) is 0 Å². The van der Waals surface area contributed by atoms with Crippen LogP contribution in [0.5, 0.6) is 0 Å². The van der Waals surface area contributed by atoms with Crippen LogP contribution in [0.2, 0.25) is 0 Å². The second kappa shape index (κ2) is 5.99. The lowest BCUT2D eigenvalue weighted by Crippen LogP contribution is -2.50. The molecule has 0 N–H and O–H groups in total. The number of rotatable bonds is 2. The molecule has 1 saturated heterocycles. The normalized spacial score (nSPS) is 15.3. The minimum Gasteiger partial charge on any atom is -0.334 e. The Morgan fingerprint density at radius 3 is 2.14 bits per heavy atom. The Morgan fingerprint density at radius 1 is 0.952 bits per heavy atom. The Labute approximate surface area is 131 Å². The molecule has 0 radical (unpaired) electrons. The van der Waals surface area contributed by atoms with Gasteiger partial charge >= 0.3 is 0 Å². The first-order valence-electron chi connectivity index (χ1n) is 6.83. The second-order valence-electron chi connectivity index (χ2n) is 4.99. The molecule has 1 aliphatic heterocycles. The largest absolute Gasteiger partial charge is 0.334 e. The Morgan fingerprint density at radius 2 is 1.62 bits per heavy atom. The standard InChI is InChI=1S/C15H16N2O2S2/c1-11-4-10-21-13(11)15(19)17-7-5-16(6-8-17)14(18)12-3-2-9-20-12/h2-4,9-10H,5-8H2,1H3. The van der Waals surface area contributed by atoms with Crippen molar-refractivity contribution in [3.63, 3.8) is 0 Å². The third-order valence-corrected chi connectivity index (χ3v) is 5.50. The van der Waals surface area contributed by atoms with Gasteiger partial charge in [0.15, 0.2) is 0 Å². The molecule has 1 aliphatic rings. The fourth-order valence-electron chi connectivity index (χ4n) is 2.40. The maximum absolute atomic E-state index is 12.4. The molecule has 0 bridgehead atoms. The van der Waals surface area contributed by atoms with Crippen molar-refractivity contribution >= 4 is 34.5 Å². The van der Waals surface area contributed by atoms with E-state index in [4.69, 9.17) is 0 Å². The first-order chi connectivity index (χ1) is 10.2. The number of carbonyl (C=O) groups is 2. The first kappa shape index (κ1) is 14.3. The van der Waals surface area contributed by atoms with Gasteiger partial charge in [-0.05, 0) is 35.4 Å². The van der Waals surface area contributed by atoms with Crippen LogP contribution in [-0.4, -0.2) is 47.8 Å². The topological polar surface area (TPSA) is 40.6 Å². The van der Waals surface area contributed by atoms with E-state index in [1.807, 2.05) is 45.7 Å². The molecule has 0 aromatic carbocycles. The van der Waals surface area contributed by atoms with E-state index in [-0.39, 0.29) is 11.8 Å². The van der Waals surface area contributed by atoms with E-state index in [1.165, 1.54) is 22.7 Å². The highest BCUT2D eigenvalue weighted by Gasteiger charge is 2.26. The minimum atomic E-state index is 0.0735. The van der Waals surface area contributed by atoms with Gasteiger partial charge < -0.3 is 9.80 Å². The van der Waals surface area contributed by atoms with Crippen LogP contribution >= 0.6 is 22.7 Å². The number of hydrogen-bond donors (Lipinski definition) is 0. The molecule has 110 valence electrons. The van der Waals surface area contributed by atoms with Crippen LogP contribution in [0.4, 0.5) is 0 Å². The van der Waals surface area contributed by atoms with Crippen LogP contribution in [0, 0.1) is 6.92 Å². The molecule has 2 amide bonds. The summed E-state index contributed by atoms with van der Waals surface area (Å²) in [5.74, 6) is 0.162. The SMILES string of the molecule is Cc1ccsc1C(=O)N1CCN(C(=O)c2cccs2)CC1. The number of piperazine rings is 1. The molecule has 21 heavy (non-hydrogen) atoms. The molecule has 0 atom stereocenters. The average molecular weight is 320 g/mol. The van der Waals surface area contributed by atoms with E-state index in [1.54, 1.807) is 0 Å². The van der Waals surface area contributed by atoms with Gasteiger partial charge in [0.05, 0.1) is 9.75 Å². The molecular weight excluding hydrogens is 304 g/mol. The predicted molar refractivity (Wildman–Crippen MR) is 85.2 cm³/mol. The van der Waals surface area contributed by atoms with E-state index in [0.29, 0.717) is 26.2 Å². The predicted octanol–water partition coefficient (Wildman–Crippen LogP) is 2.72. The molecule has 6 heteroatoms. The zero-order valence-corrected chi connectivity index (χ0v) is 13.4. The maximum atomic E-state index is 12.4. The lowest BCUT2D eigenvalue weighted by atomic mass is 10.2. The minimum absolute atomic E-state index is 0.0735. The zero-order chi connectivity index (χ0) is 14.8. The molecular formula is C15H16N2O2S2. The van der Waals surface area contributed by atoms with Crippen LogP contribution in [0.3, 0.4) is 0 Å². The van der Waals surface area contributed by atoms with E-state index in [9.17, 15) is 9.59 Å². The number of amides is 2. The molecule has 3 rings (SSSR count). The molecule has 0 unspecified atom stereocenters. The lowest BCUT2D eigenvalue weighted by molar-refractivity contribution is 0.0540. The van der Waals surface area contributed by atoms with Crippen LogP contribution in [-0.2, 0) is 0 Å². The first-order valence-corrected chi connectivity index (χ1v) is 8.59. The van der Waals surface area contributed by atoms with E-state index in [0.717, 1.165) is 15.3 Å². The highest BCUT2D eigenvalue weighted by molar-refractivity contribution is 7.12. The third-order valence-electron chi connectivity index (χ3n) is 3.64. The fraction of sp³-hybridized carbons (Fsp3) is 0.333. The number of nitrogens with zero attached hydrogens (tertiary/aromatic N) is 2. The van der Waals surface area contributed by atoms with Crippen molar-refractivity contribution < 1.29 is 9.59 Å². The highest BCUT2D eigenvalue weighted by atomic mass is 32.1. The third kappa shape index (κ3) is 2.87. The molecule has 1 fully saturated rings. The molecule has 2 aromatic rings. The van der Waals surface area contributed by atoms with Gasteiger partial charge in [-0.1, -0.05) is 6.07 Å². The van der Waals surface area contributed by atoms with E-state index >= 15 is 0 Å². The van der Waals surface area contributed by atoms with Gasteiger partial charge in [-0.15, -0.1) is 22.7 Å². The summed E-state index contributed by atoms with van der Waals surface area (Å²) in [6.45, 7) is 4.38. The summed E-state index contributed by atoms with van der Waals surface area (Å²) in [6, 6.07) is 5.70. The smallest absolute Gasteiger partial charge is 0.264 e. The fourth-order valence-corrected chi connectivity index (χ4v) is 3.99. The van der Waals surface area contributed by atoms with Crippen molar-refractivity contribution in [2.75, 3.05) is 26.2 Å². The summed E-state index contributed by atoms with van der Waals surface area (Å²) in [4.78, 5) is 29.9. The van der Waals surface area contributed by atoms with Gasteiger partial charge in [-0.3, -0.25) is 9.59 Å². The van der Waals surface area contributed by atoms with Crippen molar-refractivity contribution in [1.82, 2.24) is 9.80 Å². The quantitative estimate of drug-likeness (QED) is 0.853. The Bertz CT molecular complexity index is 640. The number of hydrogen-bond acceptors (Lipinski definition) is 4. The molecule has 3 heterocycles. The van der Waals surface area contributed by atoms with E-state index < -0.39 is 0 Å². The van der Waals surface area contributed by atoms with Gasteiger partial charge in [0.25, 0.3) is 11.8 Å². The van der Waals surface area contributed by atoms with Crippen molar-refractivity contribution in [2.24, 2.45) is 0 Å². The highest BCUT2D eigenvalue weighted by Crippen LogP contribution is 2.20. The summed E-state index contributed by atoms with van der Waals surface area (Å²) in [6.07, 6.45) is 0. The lowest BCUT2D eigenvalue weighted by Gasteiger charge is -2.34. The van der Waals surface area contributed by atoms with Crippen molar-refractivity contribution in [3.05, 3.63) is 44.3 Å². The van der Waals surface area contributed by atoms with Crippen LogP contribution in [0.15, 0.2) is 29.0 Å². The van der Waals surface area contributed by atoms with E-state index in [2.05, 4.69) is 0 Å². The number of thiophene rings is 2. The summed E-state index contributed by atoms with van der Waals surface area (Å²) < 4.78 is 0. The monoisotopic (exact) mass is 320 g/mol. The molecule has 0 saturated carbocycles. The van der Waals surface area contributed by atoms with Crippen molar-refractivity contribution in [2.45, 2.75) is 6.92 Å². The number of aryl methyl sites for hydroxylation is 1. The maximum Gasteiger partial charge on any atom is 0.264 e. The molecule has 4 nitrogen and oxygen atoms in total. The molecule has 2 aromatic heterocycles. The zero-order valence-electron chi connectivity index (χ0n) is 11.7. The van der Waals surface area contributed by atoms with Gasteiger partial charge in [-0.25, -0.2) is 0 Å². The molecule has 0 spiro atoms. The average Bonchev–Trinajstić information content (AvgIpc) is 3.17.